The van der Waals surface area contributed by atoms with E-state index in [0.717, 1.165) is 49.9 Å². The number of amides is 1. The van der Waals surface area contributed by atoms with E-state index in [9.17, 15) is 4.79 Å². The molecule has 0 radical (unpaired) electrons. The summed E-state index contributed by atoms with van der Waals surface area (Å²) in [6.07, 6.45) is 6.79. The number of carbonyl (C=O) groups is 1. The standard InChI is InChI=1S/C23H30N4O/c1-4-21(28)25-16-6-5-11-27(13-16)20-10-9-17(15(3)24)23-22(20)18-8-7-14(2)12-19(18)26-23/h4,9-10,14,16,26H,1,3,5-8,11-13,24H2,2H3,(H,25,28). The highest BCUT2D eigenvalue weighted by Gasteiger charge is 2.27. The number of nitrogens with two attached hydrogens (primary N) is 1. The molecule has 28 heavy (non-hydrogen) atoms. The molecule has 2 aromatic rings. The molecule has 1 amide bonds. The van der Waals surface area contributed by atoms with Crippen LogP contribution in [0.1, 0.15) is 43.0 Å². The van der Waals surface area contributed by atoms with E-state index in [1.807, 2.05) is 0 Å². The number of piperidine rings is 1. The SMILES string of the molecule is C=CC(=O)NC1CCCN(c2ccc(C(=C)N)c3[nH]c4c(c23)CCC(C)C4)C1. The molecule has 1 aliphatic carbocycles. The summed E-state index contributed by atoms with van der Waals surface area (Å²) in [5.41, 5.74) is 12.8. The summed E-state index contributed by atoms with van der Waals surface area (Å²) in [7, 11) is 0. The highest BCUT2D eigenvalue weighted by molar-refractivity contribution is 6.02. The van der Waals surface area contributed by atoms with E-state index in [2.05, 4.69) is 47.4 Å². The Labute approximate surface area is 166 Å². The molecule has 2 atom stereocenters. The van der Waals surface area contributed by atoms with Crippen molar-refractivity contribution in [1.82, 2.24) is 10.3 Å². The first kappa shape index (κ1) is 18.7. The van der Waals surface area contributed by atoms with Crippen molar-refractivity contribution in [3.63, 3.8) is 0 Å². The van der Waals surface area contributed by atoms with Crippen LogP contribution in [0.4, 0.5) is 5.69 Å². The third-order valence-corrected chi connectivity index (χ3v) is 6.20. The second kappa shape index (κ2) is 7.38. The zero-order valence-corrected chi connectivity index (χ0v) is 16.7. The number of hydrogen-bond donors (Lipinski definition) is 3. The molecule has 2 heterocycles. The number of aromatic nitrogens is 1. The summed E-state index contributed by atoms with van der Waals surface area (Å²) in [6, 6.07) is 4.41. The van der Waals surface area contributed by atoms with Gasteiger partial charge in [-0.1, -0.05) is 20.1 Å². The predicted octanol–water partition coefficient (Wildman–Crippen LogP) is 3.49. The average Bonchev–Trinajstić information content (AvgIpc) is 3.05. The van der Waals surface area contributed by atoms with Crippen molar-refractivity contribution in [2.24, 2.45) is 11.7 Å². The summed E-state index contributed by atoms with van der Waals surface area (Å²) >= 11 is 0. The lowest BCUT2D eigenvalue weighted by molar-refractivity contribution is -0.117. The predicted molar refractivity (Wildman–Crippen MR) is 116 cm³/mol. The number of benzene rings is 1. The quantitative estimate of drug-likeness (QED) is 0.713. The van der Waals surface area contributed by atoms with Gasteiger partial charge in [0.2, 0.25) is 5.91 Å². The number of hydrogen-bond acceptors (Lipinski definition) is 3. The van der Waals surface area contributed by atoms with Crippen molar-refractivity contribution in [2.45, 2.75) is 45.1 Å². The van der Waals surface area contributed by atoms with Gasteiger partial charge in [0.05, 0.1) is 5.52 Å². The van der Waals surface area contributed by atoms with Crippen molar-refractivity contribution in [1.29, 1.82) is 0 Å². The number of nitrogens with zero attached hydrogens (tertiary/aromatic N) is 1. The Morgan fingerprint density at radius 3 is 2.96 bits per heavy atom. The zero-order chi connectivity index (χ0) is 19.8. The second-order valence-electron chi connectivity index (χ2n) is 8.34. The molecule has 4 N–H and O–H groups in total. The van der Waals surface area contributed by atoms with Gasteiger partial charge in [-0.2, -0.15) is 0 Å². The van der Waals surface area contributed by atoms with E-state index in [4.69, 9.17) is 5.73 Å². The Hall–Kier alpha value is -2.69. The highest BCUT2D eigenvalue weighted by Crippen LogP contribution is 2.40. The molecule has 1 aliphatic heterocycles. The largest absolute Gasteiger partial charge is 0.399 e. The molecule has 1 saturated heterocycles. The lowest BCUT2D eigenvalue weighted by atomic mass is 9.87. The molecule has 1 aromatic carbocycles. The van der Waals surface area contributed by atoms with E-state index in [0.29, 0.717) is 11.6 Å². The molecule has 2 unspecified atom stereocenters. The van der Waals surface area contributed by atoms with Crippen LogP contribution in [0.5, 0.6) is 0 Å². The highest BCUT2D eigenvalue weighted by atomic mass is 16.1. The summed E-state index contributed by atoms with van der Waals surface area (Å²) in [4.78, 5) is 17.8. The number of nitrogens with one attached hydrogen (secondary N) is 2. The third kappa shape index (κ3) is 3.30. The summed E-state index contributed by atoms with van der Waals surface area (Å²) in [5, 5.41) is 4.36. The minimum atomic E-state index is -0.0974. The van der Waals surface area contributed by atoms with Crippen molar-refractivity contribution >= 4 is 28.2 Å². The minimum absolute atomic E-state index is 0.0974. The Bertz CT molecular complexity index is 942. The van der Waals surface area contributed by atoms with Crippen LogP contribution in [0.3, 0.4) is 0 Å². The van der Waals surface area contributed by atoms with E-state index in [1.54, 1.807) is 0 Å². The first-order chi connectivity index (χ1) is 13.5. The molecule has 4 rings (SSSR count). The van der Waals surface area contributed by atoms with Crippen LogP contribution < -0.4 is 16.0 Å². The Morgan fingerprint density at radius 2 is 2.21 bits per heavy atom. The Morgan fingerprint density at radius 1 is 1.39 bits per heavy atom. The number of aryl methyl sites for hydroxylation is 1. The minimum Gasteiger partial charge on any atom is -0.399 e. The number of anilines is 1. The van der Waals surface area contributed by atoms with Crippen LogP contribution >= 0.6 is 0 Å². The average molecular weight is 379 g/mol. The van der Waals surface area contributed by atoms with Crippen molar-refractivity contribution in [3.05, 3.63) is 48.2 Å². The van der Waals surface area contributed by atoms with Gasteiger partial charge in [-0.05, 0) is 61.8 Å². The van der Waals surface area contributed by atoms with Gasteiger partial charge in [0.15, 0.2) is 0 Å². The van der Waals surface area contributed by atoms with Gasteiger partial charge in [0, 0.05) is 47.2 Å². The fraction of sp³-hybridized carbons (Fsp3) is 0.435. The maximum Gasteiger partial charge on any atom is 0.243 e. The van der Waals surface area contributed by atoms with E-state index >= 15 is 0 Å². The van der Waals surface area contributed by atoms with Gasteiger partial charge in [0.25, 0.3) is 0 Å². The molecule has 0 bridgehead atoms. The van der Waals surface area contributed by atoms with Crippen molar-refractivity contribution in [3.8, 4) is 0 Å². The summed E-state index contributed by atoms with van der Waals surface area (Å²) in [6.45, 7) is 11.7. The lowest BCUT2D eigenvalue weighted by Gasteiger charge is -2.35. The van der Waals surface area contributed by atoms with Crippen LogP contribution in [0.15, 0.2) is 31.4 Å². The monoisotopic (exact) mass is 378 g/mol. The Balaban J connectivity index is 1.77. The van der Waals surface area contributed by atoms with Gasteiger partial charge >= 0.3 is 0 Å². The van der Waals surface area contributed by atoms with E-state index in [1.165, 1.54) is 34.8 Å². The van der Waals surface area contributed by atoms with E-state index < -0.39 is 0 Å². The fourth-order valence-corrected chi connectivity index (χ4v) is 4.80. The normalized spacial score (nSPS) is 22.0. The molecular weight excluding hydrogens is 348 g/mol. The van der Waals surface area contributed by atoms with Gasteiger partial charge in [0.1, 0.15) is 0 Å². The molecule has 0 saturated carbocycles. The maximum absolute atomic E-state index is 11.8. The second-order valence-corrected chi connectivity index (χ2v) is 8.34. The van der Waals surface area contributed by atoms with Crippen LogP contribution in [-0.4, -0.2) is 30.0 Å². The van der Waals surface area contributed by atoms with Crippen molar-refractivity contribution in [2.75, 3.05) is 18.0 Å². The molecule has 5 heteroatoms. The Kier molecular flexibility index (Phi) is 4.92. The number of H-pyrrole nitrogens is 1. The summed E-state index contributed by atoms with van der Waals surface area (Å²) < 4.78 is 0. The van der Waals surface area contributed by atoms with E-state index in [-0.39, 0.29) is 11.9 Å². The topological polar surface area (TPSA) is 74.2 Å². The van der Waals surface area contributed by atoms with Crippen LogP contribution in [-0.2, 0) is 17.6 Å². The first-order valence-electron chi connectivity index (χ1n) is 10.3. The first-order valence-corrected chi connectivity index (χ1v) is 10.3. The van der Waals surface area contributed by atoms with Gasteiger partial charge in [-0.15, -0.1) is 0 Å². The molecule has 1 fully saturated rings. The number of fused-ring (bicyclic) bond motifs is 3. The molecular formula is C23H30N4O. The number of rotatable bonds is 4. The summed E-state index contributed by atoms with van der Waals surface area (Å²) in [5.74, 6) is 0.599. The maximum atomic E-state index is 11.8. The van der Waals surface area contributed by atoms with Gasteiger partial charge < -0.3 is 20.9 Å². The number of carbonyl (C=O) groups excluding carboxylic acids is 1. The number of aromatic amines is 1. The molecule has 0 spiro atoms. The smallest absolute Gasteiger partial charge is 0.243 e. The van der Waals surface area contributed by atoms with Crippen molar-refractivity contribution < 1.29 is 4.79 Å². The fourth-order valence-electron chi connectivity index (χ4n) is 4.80. The molecule has 2 aliphatic rings. The zero-order valence-electron chi connectivity index (χ0n) is 16.7. The van der Waals surface area contributed by atoms with Crippen LogP contribution in [0.2, 0.25) is 0 Å². The van der Waals surface area contributed by atoms with Crippen LogP contribution in [0, 0.1) is 5.92 Å². The molecule has 1 aromatic heterocycles. The van der Waals surface area contributed by atoms with Gasteiger partial charge in [-0.25, -0.2) is 0 Å². The molecule has 5 nitrogen and oxygen atoms in total. The lowest BCUT2D eigenvalue weighted by Crippen LogP contribution is -2.47. The molecule has 148 valence electrons. The van der Waals surface area contributed by atoms with Crippen LogP contribution in [0.25, 0.3) is 16.6 Å². The third-order valence-electron chi connectivity index (χ3n) is 6.20. The van der Waals surface area contributed by atoms with Gasteiger partial charge in [-0.3, -0.25) is 4.79 Å².